The summed E-state index contributed by atoms with van der Waals surface area (Å²) >= 11 is 0. The van der Waals surface area contributed by atoms with E-state index in [-0.39, 0.29) is 17.8 Å². The van der Waals surface area contributed by atoms with Crippen LogP contribution in [-0.2, 0) is 4.74 Å². The lowest BCUT2D eigenvalue weighted by atomic mass is 10.1. The molecule has 0 saturated heterocycles. The fourth-order valence-electron chi connectivity index (χ4n) is 2.37. The number of benzene rings is 1. The molecule has 1 fully saturated rings. The maximum Gasteiger partial charge on any atom is 0.270 e. The van der Waals surface area contributed by atoms with E-state index in [1.807, 2.05) is 6.07 Å². The first-order valence-corrected chi connectivity index (χ1v) is 6.12. The highest BCUT2D eigenvalue weighted by Gasteiger charge is 2.25. The molecule has 100 valence electrons. The summed E-state index contributed by atoms with van der Waals surface area (Å²) in [5, 5.41) is 23.0. The molecule has 2 atom stereocenters. The number of nitrogens with zero attached hydrogens (tertiary/aromatic N) is 2. The van der Waals surface area contributed by atoms with E-state index < -0.39 is 4.92 Å². The Morgan fingerprint density at radius 2 is 2.32 bits per heavy atom. The number of hydrogen-bond donors (Lipinski definition) is 1. The zero-order valence-electron chi connectivity index (χ0n) is 10.6. The van der Waals surface area contributed by atoms with Crippen LogP contribution < -0.4 is 5.32 Å². The van der Waals surface area contributed by atoms with Gasteiger partial charge in [0.25, 0.3) is 5.69 Å². The molecule has 6 heteroatoms. The van der Waals surface area contributed by atoms with Gasteiger partial charge in [-0.2, -0.15) is 5.26 Å². The summed E-state index contributed by atoms with van der Waals surface area (Å²) in [6.45, 7) is 0. The molecule has 0 spiro atoms. The van der Waals surface area contributed by atoms with Gasteiger partial charge in [-0.15, -0.1) is 0 Å². The number of nitro groups is 1. The van der Waals surface area contributed by atoms with E-state index in [4.69, 9.17) is 10.00 Å². The van der Waals surface area contributed by atoms with Crippen LogP contribution in [0.1, 0.15) is 24.8 Å². The lowest BCUT2D eigenvalue weighted by Gasteiger charge is -2.15. The molecule has 19 heavy (non-hydrogen) atoms. The molecule has 1 saturated carbocycles. The van der Waals surface area contributed by atoms with Crippen molar-refractivity contribution < 1.29 is 9.66 Å². The standard InChI is InChI=1S/C13H15N3O3/c1-19-12-4-2-10(7-12)15-13-5-3-11(16(17)18)6-9(13)8-14/h3,5-6,10,12,15H,2,4,7H2,1H3. The average Bonchev–Trinajstić information content (AvgIpc) is 2.86. The minimum absolute atomic E-state index is 0.0664. The Bertz CT molecular complexity index is 524. The van der Waals surface area contributed by atoms with Crippen LogP contribution in [0.15, 0.2) is 18.2 Å². The summed E-state index contributed by atoms with van der Waals surface area (Å²) in [4.78, 5) is 10.2. The third-order valence-corrected chi connectivity index (χ3v) is 3.41. The van der Waals surface area contributed by atoms with Gasteiger partial charge in [0, 0.05) is 25.3 Å². The summed E-state index contributed by atoms with van der Waals surface area (Å²) < 4.78 is 5.29. The fraction of sp³-hybridized carbons (Fsp3) is 0.462. The van der Waals surface area contributed by atoms with Gasteiger partial charge in [0.15, 0.2) is 0 Å². The molecule has 6 nitrogen and oxygen atoms in total. The summed E-state index contributed by atoms with van der Waals surface area (Å²) in [5.74, 6) is 0. The van der Waals surface area contributed by atoms with Crippen LogP contribution in [0.4, 0.5) is 11.4 Å². The SMILES string of the molecule is COC1CCC(Nc2ccc([N+](=O)[O-])cc2C#N)C1. The number of non-ortho nitro benzene ring substituents is 1. The van der Waals surface area contributed by atoms with E-state index in [0.717, 1.165) is 19.3 Å². The van der Waals surface area contributed by atoms with Crippen molar-refractivity contribution in [2.75, 3.05) is 12.4 Å². The van der Waals surface area contributed by atoms with Gasteiger partial charge < -0.3 is 10.1 Å². The van der Waals surface area contributed by atoms with Crippen molar-refractivity contribution in [2.24, 2.45) is 0 Å². The largest absolute Gasteiger partial charge is 0.381 e. The number of nitro benzene ring substituents is 1. The van der Waals surface area contributed by atoms with Crippen molar-refractivity contribution in [3.8, 4) is 6.07 Å². The van der Waals surface area contributed by atoms with Gasteiger partial charge in [-0.3, -0.25) is 10.1 Å². The Morgan fingerprint density at radius 1 is 1.53 bits per heavy atom. The minimum atomic E-state index is -0.499. The predicted molar refractivity (Wildman–Crippen MR) is 69.9 cm³/mol. The Balaban J connectivity index is 2.13. The van der Waals surface area contributed by atoms with Crippen LogP contribution in [-0.4, -0.2) is 24.2 Å². The predicted octanol–water partition coefficient (Wildman–Crippen LogP) is 2.45. The minimum Gasteiger partial charge on any atom is -0.381 e. The zero-order chi connectivity index (χ0) is 13.8. The van der Waals surface area contributed by atoms with Crippen LogP contribution in [0.3, 0.4) is 0 Å². The second kappa shape index (κ2) is 5.67. The summed E-state index contributed by atoms with van der Waals surface area (Å²) in [6.07, 6.45) is 3.10. The molecule has 0 amide bonds. The molecule has 0 radical (unpaired) electrons. The van der Waals surface area contributed by atoms with Gasteiger partial charge in [0.2, 0.25) is 0 Å². The monoisotopic (exact) mass is 261 g/mol. The van der Waals surface area contributed by atoms with Crippen LogP contribution in [0.2, 0.25) is 0 Å². The van der Waals surface area contributed by atoms with Gasteiger partial charge in [-0.25, -0.2) is 0 Å². The highest BCUT2D eigenvalue weighted by Crippen LogP contribution is 2.27. The van der Waals surface area contributed by atoms with Crippen molar-refractivity contribution >= 4 is 11.4 Å². The second-order valence-corrected chi connectivity index (χ2v) is 4.61. The summed E-state index contributed by atoms with van der Waals surface area (Å²) in [6, 6.07) is 6.54. The molecule has 1 aliphatic carbocycles. The number of anilines is 1. The van der Waals surface area contributed by atoms with Gasteiger partial charge in [-0.1, -0.05) is 0 Å². The lowest BCUT2D eigenvalue weighted by Crippen LogP contribution is -2.18. The molecule has 1 aromatic rings. The number of hydrogen-bond acceptors (Lipinski definition) is 5. The lowest BCUT2D eigenvalue weighted by molar-refractivity contribution is -0.384. The molecule has 0 bridgehead atoms. The molecule has 2 rings (SSSR count). The number of rotatable bonds is 4. The first-order chi connectivity index (χ1) is 9.13. The molecule has 0 aliphatic heterocycles. The van der Waals surface area contributed by atoms with Crippen LogP contribution >= 0.6 is 0 Å². The number of nitriles is 1. The van der Waals surface area contributed by atoms with Crippen molar-refractivity contribution in [1.82, 2.24) is 0 Å². The maximum absolute atomic E-state index is 10.7. The van der Waals surface area contributed by atoms with Crippen LogP contribution in [0.5, 0.6) is 0 Å². The van der Waals surface area contributed by atoms with Gasteiger partial charge >= 0.3 is 0 Å². The summed E-state index contributed by atoms with van der Waals surface area (Å²) in [7, 11) is 1.69. The second-order valence-electron chi connectivity index (χ2n) is 4.61. The molecule has 2 unspecified atom stereocenters. The average molecular weight is 261 g/mol. The molecule has 1 N–H and O–H groups in total. The van der Waals surface area contributed by atoms with E-state index in [2.05, 4.69) is 5.32 Å². The van der Waals surface area contributed by atoms with Crippen LogP contribution in [0.25, 0.3) is 0 Å². The maximum atomic E-state index is 10.7. The number of nitrogens with one attached hydrogen (secondary N) is 1. The van der Waals surface area contributed by atoms with Crippen molar-refractivity contribution in [2.45, 2.75) is 31.4 Å². The fourth-order valence-corrected chi connectivity index (χ4v) is 2.37. The van der Waals surface area contributed by atoms with E-state index in [1.165, 1.54) is 12.1 Å². The van der Waals surface area contributed by atoms with E-state index in [1.54, 1.807) is 13.2 Å². The van der Waals surface area contributed by atoms with Gasteiger partial charge in [-0.05, 0) is 25.3 Å². The highest BCUT2D eigenvalue weighted by molar-refractivity contribution is 5.61. The van der Waals surface area contributed by atoms with Crippen molar-refractivity contribution in [1.29, 1.82) is 5.26 Å². The van der Waals surface area contributed by atoms with Gasteiger partial charge in [0.1, 0.15) is 6.07 Å². The number of ether oxygens (including phenoxy) is 1. The third kappa shape index (κ3) is 3.01. The molecule has 0 heterocycles. The topological polar surface area (TPSA) is 88.2 Å². The number of methoxy groups -OCH3 is 1. The smallest absolute Gasteiger partial charge is 0.270 e. The molecular weight excluding hydrogens is 246 g/mol. The zero-order valence-corrected chi connectivity index (χ0v) is 10.6. The molecular formula is C13H15N3O3. The highest BCUT2D eigenvalue weighted by atomic mass is 16.6. The molecule has 1 aliphatic rings. The Kier molecular flexibility index (Phi) is 3.97. The van der Waals surface area contributed by atoms with Crippen LogP contribution in [0, 0.1) is 21.4 Å². The first-order valence-electron chi connectivity index (χ1n) is 6.12. The first kappa shape index (κ1) is 13.3. The molecule has 1 aromatic carbocycles. The van der Waals surface area contributed by atoms with E-state index >= 15 is 0 Å². The van der Waals surface area contributed by atoms with Gasteiger partial charge in [0.05, 0.1) is 22.3 Å². The van der Waals surface area contributed by atoms with E-state index in [0.29, 0.717) is 11.3 Å². The van der Waals surface area contributed by atoms with Crippen molar-refractivity contribution in [3.05, 3.63) is 33.9 Å². The Morgan fingerprint density at radius 3 is 2.89 bits per heavy atom. The third-order valence-electron chi connectivity index (χ3n) is 3.41. The quantitative estimate of drug-likeness (QED) is 0.664. The summed E-state index contributed by atoms with van der Waals surface area (Å²) in [5.41, 5.74) is 0.883. The Labute approximate surface area is 111 Å². The normalized spacial score (nSPS) is 21.9. The molecule has 0 aromatic heterocycles. The Hall–Kier alpha value is -2.13. The van der Waals surface area contributed by atoms with Crippen molar-refractivity contribution in [3.63, 3.8) is 0 Å². The van der Waals surface area contributed by atoms with E-state index in [9.17, 15) is 10.1 Å².